The molecule has 0 bridgehead atoms. The van der Waals surface area contributed by atoms with Crippen LogP contribution in [0, 0.1) is 5.92 Å². The van der Waals surface area contributed by atoms with Crippen LogP contribution in [0.3, 0.4) is 0 Å². The Balaban J connectivity index is 1.30. The smallest absolute Gasteiger partial charge is 0.244 e. The summed E-state index contributed by atoms with van der Waals surface area (Å²) in [5, 5.41) is 0. The molecule has 0 amide bonds. The molecule has 1 aromatic rings. The summed E-state index contributed by atoms with van der Waals surface area (Å²) in [6.07, 6.45) is 9.59. The standard InChI is InChI=1S/C17H24N2O3S2/c20-24(21,16-6-3-7-18-9-16)19-12-17(13-19)8-15(11-23-17)22-10-14-4-1-2-5-14/h3,6-7,9,14-15H,1-2,4-5,8,10-13H2. The fourth-order valence-corrected chi connectivity index (χ4v) is 7.29. The van der Waals surface area contributed by atoms with E-state index in [0.29, 0.717) is 19.2 Å². The Kier molecular flexibility index (Phi) is 4.62. The highest BCUT2D eigenvalue weighted by Gasteiger charge is 2.53. The van der Waals surface area contributed by atoms with E-state index in [4.69, 9.17) is 4.74 Å². The van der Waals surface area contributed by atoms with Gasteiger partial charge < -0.3 is 4.74 Å². The lowest BCUT2D eigenvalue weighted by Crippen LogP contribution is -2.60. The highest BCUT2D eigenvalue weighted by molar-refractivity contribution is 8.01. The third-order valence-corrected chi connectivity index (χ3v) is 8.77. The molecular weight excluding hydrogens is 344 g/mol. The molecule has 24 heavy (non-hydrogen) atoms. The summed E-state index contributed by atoms with van der Waals surface area (Å²) in [6, 6.07) is 3.28. The Bertz CT molecular complexity index is 668. The topological polar surface area (TPSA) is 59.5 Å². The molecule has 0 aromatic carbocycles. The number of rotatable bonds is 5. The van der Waals surface area contributed by atoms with Crippen LogP contribution in [0.2, 0.25) is 0 Å². The van der Waals surface area contributed by atoms with Gasteiger partial charge in [-0.05, 0) is 37.3 Å². The van der Waals surface area contributed by atoms with Crippen LogP contribution in [0.4, 0.5) is 0 Å². The minimum absolute atomic E-state index is 0.0651. The SMILES string of the molecule is O=S(=O)(c1cccnc1)N1CC2(CC(OCC3CCCC3)CS2)C1. The quantitative estimate of drug-likeness (QED) is 0.799. The average Bonchev–Trinajstić information content (AvgIpc) is 3.22. The molecule has 4 rings (SSSR count). The number of nitrogens with zero attached hydrogens (tertiary/aromatic N) is 2. The van der Waals surface area contributed by atoms with Gasteiger partial charge in [0.15, 0.2) is 0 Å². The molecule has 1 aliphatic carbocycles. The van der Waals surface area contributed by atoms with Crippen LogP contribution in [0.5, 0.6) is 0 Å². The molecule has 0 N–H and O–H groups in total. The van der Waals surface area contributed by atoms with Crippen molar-refractivity contribution in [3.63, 3.8) is 0 Å². The molecule has 1 aromatic heterocycles. The highest BCUT2D eigenvalue weighted by atomic mass is 32.2. The van der Waals surface area contributed by atoms with E-state index in [1.165, 1.54) is 31.9 Å². The first-order valence-corrected chi connectivity index (χ1v) is 11.2. The fraction of sp³-hybridized carbons (Fsp3) is 0.706. The van der Waals surface area contributed by atoms with Crippen molar-refractivity contribution in [2.75, 3.05) is 25.4 Å². The third-order valence-electron chi connectivity index (χ3n) is 5.42. The predicted molar refractivity (Wildman–Crippen MR) is 94.5 cm³/mol. The fourth-order valence-electron chi connectivity index (χ4n) is 3.99. The highest BCUT2D eigenvalue weighted by Crippen LogP contribution is 2.47. The first-order chi connectivity index (χ1) is 11.6. The summed E-state index contributed by atoms with van der Waals surface area (Å²) in [4.78, 5) is 4.21. The van der Waals surface area contributed by atoms with Crippen molar-refractivity contribution in [2.45, 2.75) is 47.9 Å². The van der Waals surface area contributed by atoms with E-state index in [2.05, 4.69) is 4.98 Å². The van der Waals surface area contributed by atoms with Gasteiger partial charge in [-0.1, -0.05) is 12.8 Å². The van der Waals surface area contributed by atoms with Crippen LogP contribution in [-0.4, -0.2) is 54.0 Å². The summed E-state index contributed by atoms with van der Waals surface area (Å²) in [5.74, 6) is 1.74. The minimum atomic E-state index is -3.39. The Morgan fingerprint density at radius 3 is 2.83 bits per heavy atom. The number of ether oxygens (including phenoxy) is 1. The number of pyridine rings is 1. The maximum atomic E-state index is 12.6. The lowest BCUT2D eigenvalue weighted by Gasteiger charge is -2.46. The Labute approximate surface area is 148 Å². The zero-order valence-corrected chi connectivity index (χ0v) is 15.4. The molecule has 2 aliphatic heterocycles. The molecule has 1 unspecified atom stereocenters. The van der Waals surface area contributed by atoms with Gasteiger partial charge >= 0.3 is 0 Å². The number of aromatic nitrogens is 1. The van der Waals surface area contributed by atoms with Gasteiger partial charge in [-0.3, -0.25) is 4.98 Å². The maximum Gasteiger partial charge on any atom is 0.244 e. The lowest BCUT2D eigenvalue weighted by atomic mass is 9.95. The van der Waals surface area contributed by atoms with Crippen molar-refractivity contribution in [2.24, 2.45) is 5.92 Å². The number of hydrogen-bond donors (Lipinski definition) is 0. The van der Waals surface area contributed by atoms with Gasteiger partial charge in [0.05, 0.1) is 6.10 Å². The van der Waals surface area contributed by atoms with Gasteiger partial charge in [-0.15, -0.1) is 11.8 Å². The van der Waals surface area contributed by atoms with Gasteiger partial charge in [0, 0.05) is 42.6 Å². The summed E-state index contributed by atoms with van der Waals surface area (Å²) < 4.78 is 32.9. The molecule has 3 aliphatic rings. The predicted octanol–water partition coefficient (Wildman–Crippen LogP) is 2.54. The monoisotopic (exact) mass is 368 g/mol. The van der Waals surface area contributed by atoms with Crippen LogP contribution in [0.1, 0.15) is 32.1 Å². The lowest BCUT2D eigenvalue weighted by molar-refractivity contribution is 0.0303. The van der Waals surface area contributed by atoms with E-state index in [-0.39, 0.29) is 9.64 Å². The molecular formula is C17H24N2O3S2. The molecule has 2 saturated heterocycles. The van der Waals surface area contributed by atoms with Gasteiger partial charge in [-0.25, -0.2) is 8.42 Å². The third kappa shape index (κ3) is 3.23. The first kappa shape index (κ1) is 16.8. The van der Waals surface area contributed by atoms with E-state index in [0.717, 1.165) is 24.7 Å². The van der Waals surface area contributed by atoms with Crippen LogP contribution in [0.15, 0.2) is 29.4 Å². The summed E-state index contributed by atoms with van der Waals surface area (Å²) >= 11 is 1.89. The van der Waals surface area contributed by atoms with Crippen LogP contribution >= 0.6 is 11.8 Å². The summed E-state index contributed by atoms with van der Waals surface area (Å²) in [7, 11) is -3.39. The molecule has 1 saturated carbocycles. The van der Waals surface area contributed by atoms with Crippen LogP contribution in [-0.2, 0) is 14.8 Å². The van der Waals surface area contributed by atoms with Crippen molar-refractivity contribution in [3.05, 3.63) is 24.5 Å². The first-order valence-electron chi connectivity index (χ1n) is 8.73. The second kappa shape index (κ2) is 6.59. The van der Waals surface area contributed by atoms with Gasteiger partial charge in [-0.2, -0.15) is 4.31 Å². The van der Waals surface area contributed by atoms with Crippen molar-refractivity contribution in [1.82, 2.24) is 9.29 Å². The second-order valence-electron chi connectivity index (χ2n) is 7.27. The van der Waals surface area contributed by atoms with Crippen molar-refractivity contribution >= 4 is 21.8 Å². The minimum Gasteiger partial charge on any atom is -0.377 e. The number of sulfonamides is 1. The van der Waals surface area contributed by atoms with E-state index >= 15 is 0 Å². The van der Waals surface area contributed by atoms with E-state index < -0.39 is 10.0 Å². The largest absolute Gasteiger partial charge is 0.377 e. The van der Waals surface area contributed by atoms with Crippen molar-refractivity contribution < 1.29 is 13.2 Å². The van der Waals surface area contributed by atoms with Gasteiger partial charge in [0.1, 0.15) is 4.90 Å². The Morgan fingerprint density at radius 1 is 1.33 bits per heavy atom. The Morgan fingerprint density at radius 2 is 2.12 bits per heavy atom. The van der Waals surface area contributed by atoms with Crippen LogP contribution < -0.4 is 0 Å². The maximum absolute atomic E-state index is 12.6. The normalized spacial score (nSPS) is 27.6. The molecule has 7 heteroatoms. The van der Waals surface area contributed by atoms with E-state index in [9.17, 15) is 8.42 Å². The average molecular weight is 369 g/mol. The molecule has 0 radical (unpaired) electrons. The van der Waals surface area contributed by atoms with Gasteiger partial charge in [0.25, 0.3) is 0 Å². The molecule has 132 valence electrons. The number of hydrogen-bond acceptors (Lipinski definition) is 5. The molecule has 3 fully saturated rings. The summed E-state index contributed by atoms with van der Waals surface area (Å²) in [6.45, 7) is 2.08. The molecule has 1 atom stereocenters. The zero-order valence-electron chi connectivity index (χ0n) is 13.8. The van der Waals surface area contributed by atoms with Gasteiger partial charge in [0.2, 0.25) is 10.0 Å². The second-order valence-corrected chi connectivity index (χ2v) is 10.7. The van der Waals surface area contributed by atoms with E-state index in [1.807, 2.05) is 11.8 Å². The molecule has 3 heterocycles. The number of thioether (sulfide) groups is 1. The molecule has 1 spiro atoms. The Hall–Kier alpha value is -0.630. The van der Waals surface area contributed by atoms with Crippen molar-refractivity contribution in [1.29, 1.82) is 0 Å². The zero-order chi connectivity index (χ0) is 16.6. The summed E-state index contributed by atoms with van der Waals surface area (Å²) in [5.41, 5.74) is 0. The van der Waals surface area contributed by atoms with E-state index in [1.54, 1.807) is 22.6 Å². The van der Waals surface area contributed by atoms with Crippen LogP contribution in [0.25, 0.3) is 0 Å². The molecule has 5 nitrogen and oxygen atoms in total. The van der Waals surface area contributed by atoms with Crippen molar-refractivity contribution in [3.8, 4) is 0 Å².